The van der Waals surface area contributed by atoms with Crippen molar-refractivity contribution in [3.63, 3.8) is 0 Å². The Morgan fingerprint density at radius 3 is 0.765 bits per heavy atom. The molecule has 3 nitrogen and oxygen atoms in total. The summed E-state index contributed by atoms with van der Waals surface area (Å²) in [5.41, 5.74) is 36.9. The fourth-order valence-electron chi connectivity index (χ4n) is 20.4. The zero-order valence-corrected chi connectivity index (χ0v) is 64.7. The minimum Gasteiger partial charge on any atom is -0.311 e. The topological polar surface area (TPSA) is 9.72 Å². The van der Waals surface area contributed by atoms with E-state index in [2.05, 4.69) is 385 Å². The quantitative estimate of drug-likeness (QED) is 0.159. The van der Waals surface area contributed by atoms with Crippen molar-refractivity contribution in [2.75, 3.05) is 14.7 Å². The van der Waals surface area contributed by atoms with Crippen LogP contribution in [0.15, 0.2) is 218 Å². The molecule has 17 rings (SSSR count). The van der Waals surface area contributed by atoms with Gasteiger partial charge in [-0.1, -0.05) is 298 Å². The van der Waals surface area contributed by atoms with E-state index in [1.54, 1.807) is 0 Å². The van der Waals surface area contributed by atoms with Crippen LogP contribution in [0.1, 0.15) is 252 Å². The summed E-state index contributed by atoms with van der Waals surface area (Å²) < 4.78 is 0. The second kappa shape index (κ2) is 21.3. The Morgan fingerprint density at radius 1 is 0.245 bits per heavy atom. The van der Waals surface area contributed by atoms with Crippen LogP contribution in [0.3, 0.4) is 0 Å². The maximum Gasteiger partial charge on any atom is 0.252 e. The molecule has 0 amide bonds. The highest BCUT2D eigenvalue weighted by molar-refractivity contribution is 7.00. The molecule has 0 radical (unpaired) electrons. The molecule has 102 heavy (non-hydrogen) atoms. The molecule has 4 heteroatoms. The molecule has 6 aliphatic rings. The van der Waals surface area contributed by atoms with Gasteiger partial charge in [0.1, 0.15) is 0 Å². The van der Waals surface area contributed by atoms with Gasteiger partial charge in [0.2, 0.25) is 0 Å². The highest BCUT2D eigenvalue weighted by atomic mass is 15.2. The number of fused-ring (bicyclic) bond motifs is 12. The molecule has 4 aliphatic carbocycles. The average molecular weight is 1330 g/mol. The fraction of sp³-hybridized carbons (Fsp3) is 0.327. The van der Waals surface area contributed by atoms with Gasteiger partial charge in [0.05, 0.1) is 5.69 Å². The molecule has 2 aliphatic heterocycles. The summed E-state index contributed by atoms with van der Waals surface area (Å²) in [4.78, 5) is 8.08. The van der Waals surface area contributed by atoms with Crippen LogP contribution in [0, 0.1) is 0 Å². The number of benzene rings is 11. The van der Waals surface area contributed by atoms with E-state index in [-0.39, 0.29) is 60.9 Å². The van der Waals surface area contributed by atoms with Crippen LogP contribution >= 0.6 is 0 Å². The van der Waals surface area contributed by atoms with Gasteiger partial charge in [-0.3, -0.25) is 0 Å². The van der Waals surface area contributed by atoms with Gasteiger partial charge in [-0.2, -0.15) is 0 Å². The lowest BCUT2D eigenvalue weighted by atomic mass is 9.32. The number of hydrogen-bond donors (Lipinski definition) is 0. The highest BCUT2D eigenvalue weighted by Crippen LogP contribution is 2.59. The van der Waals surface area contributed by atoms with E-state index in [0.29, 0.717) is 0 Å². The van der Waals surface area contributed by atoms with Gasteiger partial charge >= 0.3 is 0 Å². The van der Waals surface area contributed by atoms with Crippen molar-refractivity contribution in [2.45, 2.75) is 206 Å². The lowest BCUT2D eigenvalue weighted by Crippen LogP contribution is -2.62. The van der Waals surface area contributed by atoms with E-state index in [1.165, 1.54) is 151 Å². The molecule has 11 aromatic carbocycles. The highest BCUT2D eigenvalue weighted by Gasteiger charge is 2.52. The van der Waals surface area contributed by atoms with Gasteiger partial charge in [-0.05, 0) is 200 Å². The van der Waals surface area contributed by atoms with Gasteiger partial charge < -0.3 is 14.7 Å². The molecule has 0 saturated carbocycles. The van der Waals surface area contributed by atoms with Crippen LogP contribution in [0.5, 0.6) is 0 Å². The Morgan fingerprint density at radius 2 is 0.490 bits per heavy atom. The van der Waals surface area contributed by atoms with E-state index < -0.39 is 0 Å². The minimum atomic E-state index is -0.325. The standard InChI is InChI=1S/C98H102BN3/c1-89(2,3)59-39-43-61(44-40-59)100(62-45-41-60(42-46-62)90(4,5)6)65-53-86-88-87(54-65)102(64-48-50-75-77(52-64)94(13,14)69-34-26-24-32-67(69)92(75,9)10)85-58-81-79(96(17,18)71-36-28-30-38-73(71)98(81,21)22)56-83(85)99(88)82-55-78-80(97(19,20)72-37-29-27-35-70(72)95(78,15)16)57-84(82)101(86)63-47-49-74-76(51-63)93(11,12)68-33-25-23-31-66(68)91(74,7)8/h23-58H,1-22H3. The van der Waals surface area contributed by atoms with Crippen molar-refractivity contribution in [2.24, 2.45) is 0 Å². The second-order valence-electron chi connectivity index (χ2n) is 37.5. The molecule has 2 heterocycles. The third-order valence-corrected chi connectivity index (χ3v) is 26.6. The number of anilines is 9. The monoisotopic (exact) mass is 1330 g/mol. The summed E-state index contributed by atoms with van der Waals surface area (Å²) in [6.45, 7) is 53.3. The Kier molecular flexibility index (Phi) is 13.8. The number of nitrogens with zero attached hydrogens (tertiary/aromatic N) is 3. The minimum absolute atomic E-state index is 0.0396. The van der Waals surface area contributed by atoms with Crippen molar-refractivity contribution >= 4 is 74.3 Å². The van der Waals surface area contributed by atoms with Crippen molar-refractivity contribution in [1.29, 1.82) is 0 Å². The van der Waals surface area contributed by atoms with E-state index in [4.69, 9.17) is 0 Å². The summed E-state index contributed by atoms with van der Waals surface area (Å²) in [6, 6.07) is 87.5. The smallest absolute Gasteiger partial charge is 0.252 e. The Labute approximate surface area is 610 Å². The summed E-state index contributed by atoms with van der Waals surface area (Å²) in [5, 5.41) is 0. The number of hydrogen-bond acceptors (Lipinski definition) is 3. The molecule has 0 atom stereocenters. The summed E-state index contributed by atoms with van der Waals surface area (Å²) in [6.07, 6.45) is 0. The van der Waals surface area contributed by atoms with E-state index >= 15 is 0 Å². The van der Waals surface area contributed by atoms with Crippen LogP contribution in [0.4, 0.5) is 51.2 Å². The largest absolute Gasteiger partial charge is 0.311 e. The maximum absolute atomic E-state index is 2.76. The summed E-state index contributed by atoms with van der Waals surface area (Å²) >= 11 is 0. The van der Waals surface area contributed by atoms with Crippen LogP contribution in [-0.2, 0) is 54.1 Å². The van der Waals surface area contributed by atoms with Crippen molar-refractivity contribution < 1.29 is 0 Å². The lowest BCUT2D eigenvalue weighted by molar-refractivity contribution is 0.520. The van der Waals surface area contributed by atoms with E-state index in [0.717, 1.165) is 17.1 Å². The molecule has 0 N–H and O–H groups in total. The van der Waals surface area contributed by atoms with Crippen LogP contribution in [-0.4, -0.2) is 6.71 Å². The molecule has 0 saturated heterocycles. The molecule has 0 aromatic heterocycles. The summed E-state index contributed by atoms with van der Waals surface area (Å²) in [7, 11) is 0. The molecule has 11 aromatic rings. The number of rotatable bonds is 5. The second-order valence-corrected chi connectivity index (χ2v) is 37.5. The van der Waals surface area contributed by atoms with Crippen molar-refractivity contribution in [1.82, 2.24) is 0 Å². The first-order chi connectivity index (χ1) is 47.9. The van der Waals surface area contributed by atoms with Gasteiger partial charge in [0, 0.05) is 88.8 Å². The van der Waals surface area contributed by atoms with Gasteiger partial charge in [0.25, 0.3) is 6.71 Å². The van der Waals surface area contributed by atoms with Gasteiger partial charge in [-0.25, -0.2) is 0 Å². The SMILES string of the molecule is CC(C)(C)c1ccc(N(c2ccc(C(C)(C)C)cc2)c2cc3c4c(c2)N(c2ccc5c(c2)C(C)(C)c2ccccc2C5(C)C)c2cc5c(cc2B4c2cc4c(cc2N3c2ccc3c(c2)C(C)(C)c2ccccc2C3(C)C)C(C)(C)c2ccccc2C4(C)C)C(C)(C)c2ccccc2C5(C)C)cc1. The molecule has 512 valence electrons. The molecular weight excluding hydrogens is 1230 g/mol. The predicted octanol–water partition coefficient (Wildman–Crippen LogP) is 23.7. The van der Waals surface area contributed by atoms with Crippen LogP contribution in [0.25, 0.3) is 0 Å². The normalized spacial score (nSPS) is 18.5. The molecule has 0 spiro atoms. The Hall–Kier alpha value is -9.12. The predicted molar refractivity (Wildman–Crippen MR) is 435 cm³/mol. The van der Waals surface area contributed by atoms with Crippen LogP contribution < -0.4 is 31.1 Å². The van der Waals surface area contributed by atoms with Crippen LogP contribution in [0.2, 0.25) is 0 Å². The van der Waals surface area contributed by atoms with Gasteiger partial charge in [0.15, 0.2) is 0 Å². The third-order valence-electron chi connectivity index (χ3n) is 26.6. The maximum atomic E-state index is 2.76. The Balaban J connectivity index is 1.05. The lowest BCUT2D eigenvalue weighted by Gasteiger charge is -2.50. The first kappa shape index (κ1) is 66.1. The third kappa shape index (κ3) is 9.05. The van der Waals surface area contributed by atoms with Crippen molar-refractivity contribution in [3.8, 4) is 0 Å². The van der Waals surface area contributed by atoms with Crippen molar-refractivity contribution in [3.05, 3.63) is 319 Å². The zero-order valence-electron chi connectivity index (χ0n) is 64.7. The molecular formula is C98H102BN3. The Bertz CT molecular complexity index is 5050. The fourth-order valence-corrected chi connectivity index (χ4v) is 20.4. The van der Waals surface area contributed by atoms with E-state index in [9.17, 15) is 0 Å². The molecule has 0 unspecified atom stereocenters. The first-order valence-electron chi connectivity index (χ1n) is 37.8. The van der Waals surface area contributed by atoms with E-state index in [1.807, 2.05) is 0 Å². The molecule has 0 fully saturated rings. The molecule has 0 bridgehead atoms. The van der Waals surface area contributed by atoms with Gasteiger partial charge in [-0.15, -0.1) is 0 Å². The summed E-state index contributed by atoms with van der Waals surface area (Å²) in [5.74, 6) is 0. The zero-order chi connectivity index (χ0) is 72.1. The average Bonchev–Trinajstić information content (AvgIpc) is 0.677. The first-order valence-corrected chi connectivity index (χ1v) is 37.8.